The number of amides is 1. The molecule has 4 atom stereocenters. The first-order valence-corrected chi connectivity index (χ1v) is 6.24. The average molecular weight is 309 g/mol. The van der Waals surface area contributed by atoms with Crippen molar-refractivity contribution in [3.8, 4) is 0 Å². The lowest BCUT2D eigenvalue weighted by Gasteiger charge is -2.43. The van der Waals surface area contributed by atoms with Crippen LogP contribution in [-0.2, 0) is 23.9 Å². The third kappa shape index (κ3) is 2.44. The SMILES string of the molecule is COC(=O)[C@@H]1[C@H]2CN(C(=O)C(F)(F)F)C[C@H]2[C@@H]1C(=O)OC. The van der Waals surface area contributed by atoms with Gasteiger partial charge in [0.15, 0.2) is 0 Å². The number of alkyl halides is 3. The molecule has 1 saturated heterocycles. The summed E-state index contributed by atoms with van der Waals surface area (Å²) in [5.41, 5.74) is 0. The standard InChI is InChI=1S/C12H14F3NO5/c1-20-9(17)7-5-3-16(11(19)12(13,14)15)4-6(5)8(7)10(18)21-2/h5-8H,3-4H2,1-2H3/t5-,6+,7+,8-. The van der Waals surface area contributed by atoms with Gasteiger partial charge in [-0.15, -0.1) is 0 Å². The zero-order valence-corrected chi connectivity index (χ0v) is 11.3. The van der Waals surface area contributed by atoms with Gasteiger partial charge in [-0.3, -0.25) is 14.4 Å². The molecule has 1 amide bonds. The molecule has 2 fully saturated rings. The Bertz CT molecular complexity index is 448. The monoisotopic (exact) mass is 309 g/mol. The molecule has 118 valence electrons. The normalized spacial score (nSPS) is 31.2. The molecule has 0 aromatic heterocycles. The topological polar surface area (TPSA) is 72.9 Å². The van der Waals surface area contributed by atoms with Crippen LogP contribution in [0.1, 0.15) is 0 Å². The minimum absolute atomic E-state index is 0.212. The van der Waals surface area contributed by atoms with Gasteiger partial charge in [0.1, 0.15) is 0 Å². The second-order valence-corrected chi connectivity index (χ2v) is 5.13. The van der Waals surface area contributed by atoms with Gasteiger partial charge in [0.25, 0.3) is 0 Å². The molecule has 0 N–H and O–H groups in total. The van der Waals surface area contributed by atoms with E-state index in [2.05, 4.69) is 9.47 Å². The molecular formula is C12H14F3NO5. The Hall–Kier alpha value is -1.80. The summed E-state index contributed by atoms with van der Waals surface area (Å²) < 4.78 is 46.5. The summed E-state index contributed by atoms with van der Waals surface area (Å²) >= 11 is 0. The number of rotatable bonds is 2. The largest absolute Gasteiger partial charge is 0.471 e. The second-order valence-electron chi connectivity index (χ2n) is 5.13. The van der Waals surface area contributed by atoms with Crippen LogP contribution in [-0.4, -0.2) is 56.2 Å². The number of nitrogens with zero attached hydrogens (tertiary/aromatic N) is 1. The molecule has 0 bridgehead atoms. The fraction of sp³-hybridized carbons (Fsp3) is 0.750. The maximum absolute atomic E-state index is 12.4. The van der Waals surface area contributed by atoms with Crippen LogP contribution in [0, 0.1) is 23.7 Å². The maximum atomic E-state index is 12.4. The molecule has 0 aromatic carbocycles. The number of hydrogen-bond donors (Lipinski definition) is 0. The van der Waals surface area contributed by atoms with Crippen molar-refractivity contribution in [2.45, 2.75) is 6.18 Å². The van der Waals surface area contributed by atoms with Crippen molar-refractivity contribution in [2.24, 2.45) is 23.7 Å². The second kappa shape index (κ2) is 5.19. The predicted molar refractivity (Wildman–Crippen MR) is 60.6 cm³/mol. The first-order valence-electron chi connectivity index (χ1n) is 6.24. The van der Waals surface area contributed by atoms with Gasteiger partial charge < -0.3 is 14.4 Å². The zero-order chi connectivity index (χ0) is 15.9. The first kappa shape index (κ1) is 15.6. The van der Waals surface area contributed by atoms with Gasteiger partial charge in [-0.05, 0) is 11.8 Å². The quantitative estimate of drug-likeness (QED) is 0.682. The highest BCUT2D eigenvalue weighted by molar-refractivity contribution is 5.86. The van der Waals surface area contributed by atoms with E-state index in [0.717, 1.165) is 14.2 Å². The van der Waals surface area contributed by atoms with E-state index < -0.39 is 47.7 Å². The Labute approximate surface area is 118 Å². The van der Waals surface area contributed by atoms with E-state index in [1.807, 2.05) is 0 Å². The average Bonchev–Trinajstić information content (AvgIpc) is 2.76. The van der Waals surface area contributed by atoms with Crippen LogP contribution in [0.3, 0.4) is 0 Å². The number of likely N-dealkylation sites (tertiary alicyclic amines) is 1. The van der Waals surface area contributed by atoms with Crippen LogP contribution >= 0.6 is 0 Å². The van der Waals surface area contributed by atoms with E-state index in [1.54, 1.807) is 0 Å². The first-order chi connectivity index (χ1) is 9.72. The Morgan fingerprint density at radius 1 is 0.952 bits per heavy atom. The molecule has 2 rings (SSSR count). The maximum Gasteiger partial charge on any atom is 0.471 e. The lowest BCUT2D eigenvalue weighted by atomic mass is 9.58. The van der Waals surface area contributed by atoms with Gasteiger partial charge in [0, 0.05) is 13.1 Å². The van der Waals surface area contributed by atoms with E-state index in [0.29, 0.717) is 4.90 Å². The highest BCUT2D eigenvalue weighted by Gasteiger charge is 2.63. The summed E-state index contributed by atoms with van der Waals surface area (Å²) in [6.45, 7) is -0.424. The lowest BCUT2D eigenvalue weighted by molar-refractivity contribution is -0.184. The van der Waals surface area contributed by atoms with Crippen molar-refractivity contribution < 1.29 is 37.0 Å². The molecule has 1 aliphatic heterocycles. The van der Waals surface area contributed by atoms with Gasteiger partial charge >= 0.3 is 24.0 Å². The van der Waals surface area contributed by atoms with Crippen molar-refractivity contribution in [2.75, 3.05) is 27.3 Å². The summed E-state index contributed by atoms with van der Waals surface area (Å²) in [6, 6.07) is 0. The molecule has 9 heteroatoms. The van der Waals surface area contributed by atoms with E-state index in [-0.39, 0.29) is 13.1 Å². The summed E-state index contributed by atoms with van der Waals surface area (Å²) in [5.74, 6) is -6.04. The molecule has 0 radical (unpaired) electrons. The predicted octanol–water partition coefficient (Wildman–Crippen LogP) is 0.215. The molecule has 0 unspecified atom stereocenters. The summed E-state index contributed by atoms with van der Waals surface area (Å²) in [7, 11) is 2.27. The minimum Gasteiger partial charge on any atom is -0.469 e. The third-order valence-corrected chi connectivity index (χ3v) is 4.20. The third-order valence-electron chi connectivity index (χ3n) is 4.20. The number of carbonyl (C=O) groups is 3. The van der Waals surface area contributed by atoms with Gasteiger partial charge in [-0.25, -0.2) is 0 Å². The Kier molecular flexibility index (Phi) is 3.85. The number of methoxy groups -OCH3 is 2. The van der Waals surface area contributed by atoms with Crippen molar-refractivity contribution >= 4 is 17.8 Å². The van der Waals surface area contributed by atoms with Crippen LogP contribution in [0.2, 0.25) is 0 Å². The Morgan fingerprint density at radius 2 is 1.33 bits per heavy atom. The molecular weight excluding hydrogens is 295 g/mol. The Morgan fingerprint density at radius 3 is 1.62 bits per heavy atom. The molecule has 1 heterocycles. The van der Waals surface area contributed by atoms with E-state index in [1.165, 1.54) is 0 Å². The summed E-state index contributed by atoms with van der Waals surface area (Å²) in [5, 5.41) is 0. The molecule has 21 heavy (non-hydrogen) atoms. The molecule has 1 aliphatic carbocycles. The van der Waals surface area contributed by atoms with Crippen LogP contribution in [0.15, 0.2) is 0 Å². The highest BCUT2D eigenvalue weighted by atomic mass is 19.4. The van der Waals surface area contributed by atoms with Crippen molar-refractivity contribution in [1.29, 1.82) is 0 Å². The van der Waals surface area contributed by atoms with E-state index in [9.17, 15) is 27.6 Å². The molecule has 0 spiro atoms. The van der Waals surface area contributed by atoms with Gasteiger partial charge in [-0.2, -0.15) is 13.2 Å². The minimum atomic E-state index is -4.97. The number of hydrogen-bond acceptors (Lipinski definition) is 5. The number of esters is 2. The molecule has 0 aromatic rings. The van der Waals surface area contributed by atoms with Crippen molar-refractivity contribution in [1.82, 2.24) is 4.90 Å². The van der Waals surface area contributed by atoms with Crippen LogP contribution in [0.4, 0.5) is 13.2 Å². The summed E-state index contributed by atoms with van der Waals surface area (Å²) in [4.78, 5) is 35.3. The van der Waals surface area contributed by atoms with Crippen LogP contribution in [0.5, 0.6) is 0 Å². The van der Waals surface area contributed by atoms with E-state index >= 15 is 0 Å². The fourth-order valence-electron chi connectivity index (χ4n) is 3.26. The van der Waals surface area contributed by atoms with Crippen molar-refractivity contribution in [3.63, 3.8) is 0 Å². The van der Waals surface area contributed by atoms with Crippen LogP contribution in [0.25, 0.3) is 0 Å². The summed E-state index contributed by atoms with van der Waals surface area (Å²) in [6.07, 6.45) is -4.97. The number of carbonyl (C=O) groups excluding carboxylic acids is 3. The smallest absolute Gasteiger partial charge is 0.469 e. The van der Waals surface area contributed by atoms with Gasteiger partial charge in [-0.1, -0.05) is 0 Å². The number of halogens is 3. The van der Waals surface area contributed by atoms with Gasteiger partial charge in [0.05, 0.1) is 26.1 Å². The van der Waals surface area contributed by atoms with Crippen molar-refractivity contribution in [3.05, 3.63) is 0 Å². The fourth-order valence-corrected chi connectivity index (χ4v) is 3.26. The number of fused-ring (bicyclic) bond motifs is 1. The van der Waals surface area contributed by atoms with Crippen LogP contribution < -0.4 is 0 Å². The molecule has 2 aliphatic rings. The van der Waals surface area contributed by atoms with Gasteiger partial charge in [0.2, 0.25) is 0 Å². The highest BCUT2D eigenvalue weighted by Crippen LogP contribution is 2.52. The Balaban J connectivity index is 2.17. The van der Waals surface area contributed by atoms with E-state index in [4.69, 9.17) is 0 Å². The molecule has 6 nitrogen and oxygen atoms in total. The molecule has 1 saturated carbocycles. The number of ether oxygens (including phenoxy) is 2. The zero-order valence-electron chi connectivity index (χ0n) is 11.3. The lowest BCUT2D eigenvalue weighted by Crippen LogP contribution is -2.54.